The van der Waals surface area contributed by atoms with E-state index >= 15 is 0 Å². The van der Waals surface area contributed by atoms with E-state index in [4.69, 9.17) is 23.2 Å². The standard InChI is InChI=1S/C10H8Cl2N4O3/c1-5(17)8-4-15(14-13-8)10-7(12)2-6(11)3-9(10)16(18)19/h2-5,17H,1H3. The Balaban J connectivity index is 2.63. The molecule has 0 radical (unpaired) electrons. The van der Waals surface area contributed by atoms with Gasteiger partial charge in [-0.3, -0.25) is 10.1 Å². The number of aliphatic hydroxyl groups is 1. The molecule has 0 spiro atoms. The number of benzene rings is 1. The summed E-state index contributed by atoms with van der Waals surface area (Å²) in [7, 11) is 0. The molecule has 2 aromatic rings. The summed E-state index contributed by atoms with van der Waals surface area (Å²) in [5.41, 5.74) is 0.0373. The van der Waals surface area contributed by atoms with Gasteiger partial charge in [0.25, 0.3) is 5.69 Å². The summed E-state index contributed by atoms with van der Waals surface area (Å²) in [5.74, 6) is 0. The lowest BCUT2D eigenvalue weighted by Crippen LogP contribution is -2.02. The van der Waals surface area contributed by atoms with Crippen LogP contribution in [0.5, 0.6) is 0 Å². The lowest BCUT2D eigenvalue weighted by Gasteiger charge is -2.05. The van der Waals surface area contributed by atoms with Crippen molar-refractivity contribution in [1.82, 2.24) is 15.0 Å². The van der Waals surface area contributed by atoms with Crippen LogP contribution >= 0.6 is 23.2 Å². The van der Waals surface area contributed by atoms with Crippen LogP contribution in [0.4, 0.5) is 5.69 Å². The van der Waals surface area contributed by atoms with E-state index in [-0.39, 0.29) is 27.1 Å². The number of hydrogen-bond donors (Lipinski definition) is 1. The molecule has 0 bridgehead atoms. The highest BCUT2D eigenvalue weighted by atomic mass is 35.5. The maximum Gasteiger partial charge on any atom is 0.297 e. The summed E-state index contributed by atoms with van der Waals surface area (Å²) in [5, 5.41) is 28.0. The van der Waals surface area contributed by atoms with Crippen LogP contribution in [0.1, 0.15) is 18.7 Å². The number of aliphatic hydroxyl groups excluding tert-OH is 1. The molecule has 100 valence electrons. The van der Waals surface area contributed by atoms with Gasteiger partial charge in [0.2, 0.25) is 0 Å². The molecule has 1 unspecified atom stereocenters. The number of hydrogen-bond acceptors (Lipinski definition) is 5. The first kappa shape index (κ1) is 13.7. The van der Waals surface area contributed by atoms with Crippen LogP contribution in [0.15, 0.2) is 18.3 Å². The lowest BCUT2D eigenvalue weighted by molar-refractivity contribution is -0.384. The average Bonchev–Trinajstić information content (AvgIpc) is 2.76. The van der Waals surface area contributed by atoms with Crippen LogP contribution in [-0.4, -0.2) is 25.0 Å². The largest absolute Gasteiger partial charge is 0.387 e. The number of nitrogens with zero attached hydrogens (tertiary/aromatic N) is 4. The Morgan fingerprint density at radius 2 is 2.16 bits per heavy atom. The fourth-order valence-electron chi connectivity index (χ4n) is 1.50. The minimum Gasteiger partial charge on any atom is -0.387 e. The maximum absolute atomic E-state index is 11.0. The second-order valence-electron chi connectivity index (χ2n) is 3.78. The van der Waals surface area contributed by atoms with Gasteiger partial charge in [-0.2, -0.15) is 0 Å². The highest BCUT2D eigenvalue weighted by molar-refractivity contribution is 6.36. The predicted molar refractivity (Wildman–Crippen MR) is 68.7 cm³/mol. The van der Waals surface area contributed by atoms with Gasteiger partial charge >= 0.3 is 0 Å². The molecule has 0 saturated heterocycles. The van der Waals surface area contributed by atoms with Gasteiger partial charge in [-0.25, -0.2) is 4.68 Å². The Hall–Kier alpha value is -1.70. The number of nitro benzene ring substituents is 1. The zero-order chi connectivity index (χ0) is 14.2. The highest BCUT2D eigenvalue weighted by Crippen LogP contribution is 2.33. The van der Waals surface area contributed by atoms with Gasteiger partial charge in [0.15, 0.2) is 5.69 Å². The quantitative estimate of drug-likeness (QED) is 0.694. The molecular weight excluding hydrogens is 295 g/mol. The number of aromatic nitrogens is 3. The van der Waals surface area contributed by atoms with E-state index < -0.39 is 11.0 Å². The smallest absolute Gasteiger partial charge is 0.297 e. The van der Waals surface area contributed by atoms with Crippen molar-refractivity contribution in [3.8, 4) is 5.69 Å². The molecule has 1 N–H and O–H groups in total. The van der Waals surface area contributed by atoms with Crippen molar-refractivity contribution in [2.24, 2.45) is 0 Å². The second kappa shape index (κ2) is 5.12. The van der Waals surface area contributed by atoms with E-state index in [1.807, 2.05) is 0 Å². The summed E-state index contributed by atoms with van der Waals surface area (Å²) in [6.07, 6.45) is 0.533. The van der Waals surface area contributed by atoms with E-state index in [1.54, 1.807) is 0 Å². The molecule has 1 atom stereocenters. The SMILES string of the molecule is CC(O)c1cn(-c2c(Cl)cc(Cl)cc2[N+](=O)[O-])nn1. The molecule has 7 nitrogen and oxygen atoms in total. The van der Waals surface area contributed by atoms with Gasteiger partial charge in [-0.15, -0.1) is 5.10 Å². The summed E-state index contributed by atoms with van der Waals surface area (Å²) in [6, 6.07) is 2.54. The fourth-order valence-corrected chi connectivity index (χ4v) is 2.07. The molecule has 1 aromatic carbocycles. The monoisotopic (exact) mass is 302 g/mol. The predicted octanol–water partition coefficient (Wildman–Crippen LogP) is 2.54. The van der Waals surface area contributed by atoms with Crippen molar-refractivity contribution in [2.45, 2.75) is 13.0 Å². The van der Waals surface area contributed by atoms with Gasteiger partial charge in [-0.05, 0) is 13.0 Å². The van der Waals surface area contributed by atoms with E-state index in [1.165, 1.54) is 25.3 Å². The van der Waals surface area contributed by atoms with Crippen molar-refractivity contribution in [1.29, 1.82) is 0 Å². The first-order valence-electron chi connectivity index (χ1n) is 5.14. The van der Waals surface area contributed by atoms with Crippen LogP contribution in [0.3, 0.4) is 0 Å². The van der Waals surface area contributed by atoms with Gasteiger partial charge < -0.3 is 5.11 Å². The van der Waals surface area contributed by atoms with Crippen LogP contribution in [0.25, 0.3) is 5.69 Å². The van der Waals surface area contributed by atoms with Gasteiger partial charge in [-0.1, -0.05) is 28.4 Å². The third kappa shape index (κ3) is 2.67. The molecule has 0 saturated carbocycles. The van der Waals surface area contributed by atoms with Crippen molar-refractivity contribution in [2.75, 3.05) is 0 Å². The molecule has 2 rings (SSSR count). The second-order valence-corrected chi connectivity index (χ2v) is 4.62. The zero-order valence-corrected chi connectivity index (χ0v) is 11.1. The summed E-state index contributed by atoms with van der Waals surface area (Å²) < 4.78 is 1.14. The van der Waals surface area contributed by atoms with E-state index in [9.17, 15) is 15.2 Å². The molecule has 1 aromatic heterocycles. The van der Waals surface area contributed by atoms with Crippen LogP contribution in [0, 0.1) is 10.1 Å². The molecule has 0 fully saturated rings. The Kier molecular flexibility index (Phi) is 3.70. The Morgan fingerprint density at radius 1 is 1.47 bits per heavy atom. The molecule has 0 aliphatic heterocycles. The average molecular weight is 303 g/mol. The molecule has 0 aliphatic carbocycles. The number of halogens is 2. The molecule has 1 heterocycles. The van der Waals surface area contributed by atoms with Gasteiger partial charge in [0.1, 0.15) is 5.69 Å². The molecular formula is C10H8Cl2N4O3. The normalized spacial score (nSPS) is 12.4. The van der Waals surface area contributed by atoms with Crippen molar-refractivity contribution >= 4 is 28.9 Å². The van der Waals surface area contributed by atoms with Crippen LogP contribution in [-0.2, 0) is 0 Å². The number of nitro groups is 1. The fraction of sp³-hybridized carbons (Fsp3) is 0.200. The number of rotatable bonds is 3. The van der Waals surface area contributed by atoms with Crippen LogP contribution in [0.2, 0.25) is 10.0 Å². The van der Waals surface area contributed by atoms with Crippen LogP contribution < -0.4 is 0 Å². The Bertz CT molecular complexity index is 642. The minimum absolute atomic E-state index is 0.0514. The Morgan fingerprint density at radius 3 is 2.68 bits per heavy atom. The first-order chi connectivity index (χ1) is 8.90. The van der Waals surface area contributed by atoms with E-state index in [0.717, 1.165) is 4.68 Å². The Labute approximate surface area is 117 Å². The highest BCUT2D eigenvalue weighted by Gasteiger charge is 2.22. The van der Waals surface area contributed by atoms with Gasteiger partial charge in [0.05, 0.1) is 22.2 Å². The molecule has 0 amide bonds. The molecule has 0 aliphatic rings. The minimum atomic E-state index is -0.834. The first-order valence-corrected chi connectivity index (χ1v) is 5.90. The van der Waals surface area contributed by atoms with Crippen molar-refractivity contribution < 1.29 is 10.0 Å². The van der Waals surface area contributed by atoms with E-state index in [2.05, 4.69) is 10.3 Å². The van der Waals surface area contributed by atoms with Crippen molar-refractivity contribution in [3.05, 3.63) is 44.2 Å². The molecule has 9 heteroatoms. The zero-order valence-electron chi connectivity index (χ0n) is 9.62. The summed E-state index contributed by atoms with van der Waals surface area (Å²) >= 11 is 11.7. The van der Waals surface area contributed by atoms with Gasteiger partial charge in [0, 0.05) is 11.1 Å². The summed E-state index contributed by atoms with van der Waals surface area (Å²) in [6.45, 7) is 1.51. The third-order valence-corrected chi connectivity index (χ3v) is 2.88. The topological polar surface area (TPSA) is 94.1 Å². The lowest BCUT2D eigenvalue weighted by atomic mass is 10.2. The van der Waals surface area contributed by atoms with Crippen molar-refractivity contribution in [3.63, 3.8) is 0 Å². The summed E-state index contributed by atoms with van der Waals surface area (Å²) in [4.78, 5) is 10.4. The van der Waals surface area contributed by atoms with E-state index in [0.29, 0.717) is 0 Å². The third-order valence-electron chi connectivity index (χ3n) is 2.37. The molecule has 19 heavy (non-hydrogen) atoms. The maximum atomic E-state index is 11.0.